The molecule has 2 N–H and O–H groups in total. The number of hydrogen-bond acceptors (Lipinski definition) is 4. The normalized spacial score (nSPS) is 10.6. The Morgan fingerprint density at radius 2 is 2.29 bits per heavy atom. The standard InChI is InChI=1S/C10H13N3S/c1-11-5-6-13-10-9-8(2-4-12-10)3-7-14-9/h2-4,7,11H,5-6H2,1H3,(H,12,13). The molecule has 14 heavy (non-hydrogen) atoms. The van der Waals surface area contributed by atoms with Crippen LogP contribution in [0.2, 0.25) is 0 Å². The second-order valence-electron chi connectivity index (χ2n) is 3.03. The highest BCUT2D eigenvalue weighted by Gasteiger charge is 2.01. The lowest BCUT2D eigenvalue weighted by Crippen LogP contribution is -2.18. The molecule has 0 aliphatic carbocycles. The zero-order valence-electron chi connectivity index (χ0n) is 8.08. The number of thiophene rings is 1. The summed E-state index contributed by atoms with van der Waals surface area (Å²) in [6.07, 6.45) is 1.84. The molecule has 0 bridgehead atoms. The van der Waals surface area contributed by atoms with Gasteiger partial charge in [0.15, 0.2) is 0 Å². The molecule has 0 saturated carbocycles. The van der Waals surface area contributed by atoms with Gasteiger partial charge in [-0.3, -0.25) is 0 Å². The van der Waals surface area contributed by atoms with E-state index in [2.05, 4.69) is 27.1 Å². The van der Waals surface area contributed by atoms with Crippen molar-refractivity contribution in [1.82, 2.24) is 10.3 Å². The van der Waals surface area contributed by atoms with Gasteiger partial charge in [-0.1, -0.05) is 0 Å². The maximum Gasteiger partial charge on any atom is 0.143 e. The molecular weight excluding hydrogens is 194 g/mol. The number of hydrogen-bond donors (Lipinski definition) is 2. The third-order valence-electron chi connectivity index (χ3n) is 2.04. The van der Waals surface area contributed by atoms with Crippen molar-refractivity contribution < 1.29 is 0 Å². The average molecular weight is 207 g/mol. The lowest BCUT2D eigenvalue weighted by molar-refractivity contribution is 0.822. The zero-order valence-corrected chi connectivity index (χ0v) is 8.90. The first-order chi connectivity index (χ1) is 6.92. The summed E-state index contributed by atoms with van der Waals surface area (Å²) in [7, 11) is 1.95. The van der Waals surface area contributed by atoms with Crippen LogP contribution in [-0.4, -0.2) is 25.1 Å². The lowest BCUT2D eigenvalue weighted by Gasteiger charge is -2.05. The number of pyridine rings is 1. The van der Waals surface area contributed by atoms with Crippen LogP contribution in [0.5, 0.6) is 0 Å². The van der Waals surface area contributed by atoms with Crippen molar-refractivity contribution in [3.05, 3.63) is 23.7 Å². The first-order valence-corrected chi connectivity index (χ1v) is 5.50. The Balaban J connectivity index is 2.19. The molecule has 0 unspecified atom stereocenters. The molecule has 0 fully saturated rings. The molecule has 0 amide bonds. The van der Waals surface area contributed by atoms with Crippen LogP contribution in [0, 0.1) is 0 Å². The van der Waals surface area contributed by atoms with E-state index in [-0.39, 0.29) is 0 Å². The van der Waals surface area contributed by atoms with Crippen molar-refractivity contribution in [3.63, 3.8) is 0 Å². The number of fused-ring (bicyclic) bond motifs is 1. The minimum Gasteiger partial charge on any atom is -0.368 e. The molecule has 74 valence electrons. The Hall–Kier alpha value is -1.13. The largest absolute Gasteiger partial charge is 0.368 e. The molecule has 3 nitrogen and oxygen atoms in total. The van der Waals surface area contributed by atoms with Crippen LogP contribution in [0.25, 0.3) is 10.1 Å². The maximum absolute atomic E-state index is 4.32. The summed E-state index contributed by atoms with van der Waals surface area (Å²) >= 11 is 1.73. The second kappa shape index (κ2) is 4.39. The van der Waals surface area contributed by atoms with Crippen LogP contribution >= 0.6 is 11.3 Å². The summed E-state index contributed by atoms with van der Waals surface area (Å²) < 4.78 is 1.24. The van der Waals surface area contributed by atoms with Crippen molar-refractivity contribution in [2.75, 3.05) is 25.5 Å². The molecule has 0 spiro atoms. The lowest BCUT2D eigenvalue weighted by atomic mass is 10.3. The van der Waals surface area contributed by atoms with Crippen molar-refractivity contribution in [3.8, 4) is 0 Å². The Labute approximate surface area is 87.2 Å². The number of anilines is 1. The minimum absolute atomic E-state index is 0.903. The molecule has 0 aliphatic rings. The van der Waals surface area contributed by atoms with E-state index in [1.54, 1.807) is 11.3 Å². The van der Waals surface area contributed by atoms with Gasteiger partial charge in [0, 0.05) is 19.3 Å². The van der Waals surface area contributed by atoms with Crippen LogP contribution < -0.4 is 10.6 Å². The van der Waals surface area contributed by atoms with Crippen molar-refractivity contribution in [1.29, 1.82) is 0 Å². The number of nitrogens with zero attached hydrogens (tertiary/aromatic N) is 1. The first-order valence-electron chi connectivity index (χ1n) is 4.62. The van der Waals surface area contributed by atoms with Gasteiger partial charge in [0.05, 0.1) is 4.70 Å². The Kier molecular flexibility index (Phi) is 2.96. The summed E-state index contributed by atoms with van der Waals surface area (Å²) in [5.74, 6) is 0.993. The molecule has 0 radical (unpaired) electrons. The smallest absolute Gasteiger partial charge is 0.143 e. The van der Waals surface area contributed by atoms with E-state index in [0.29, 0.717) is 0 Å². The quantitative estimate of drug-likeness (QED) is 0.752. The van der Waals surface area contributed by atoms with E-state index in [4.69, 9.17) is 0 Å². The number of aromatic nitrogens is 1. The van der Waals surface area contributed by atoms with Gasteiger partial charge in [-0.15, -0.1) is 11.3 Å². The Morgan fingerprint density at radius 3 is 3.14 bits per heavy atom. The van der Waals surface area contributed by atoms with Gasteiger partial charge >= 0.3 is 0 Å². The summed E-state index contributed by atoms with van der Waals surface area (Å²) in [6.45, 7) is 1.85. The fourth-order valence-corrected chi connectivity index (χ4v) is 2.18. The topological polar surface area (TPSA) is 37.0 Å². The van der Waals surface area contributed by atoms with E-state index in [0.717, 1.165) is 18.9 Å². The number of nitrogens with one attached hydrogen (secondary N) is 2. The highest BCUT2D eigenvalue weighted by Crippen LogP contribution is 2.26. The number of likely N-dealkylation sites (N-methyl/N-ethyl adjacent to an activating group) is 1. The van der Waals surface area contributed by atoms with Gasteiger partial charge in [-0.05, 0) is 29.9 Å². The molecule has 0 atom stereocenters. The first kappa shape index (κ1) is 9.43. The molecule has 0 aliphatic heterocycles. The Morgan fingerprint density at radius 1 is 1.36 bits per heavy atom. The number of rotatable bonds is 4. The molecule has 2 rings (SSSR count). The van der Waals surface area contributed by atoms with Crippen LogP contribution in [0.15, 0.2) is 23.7 Å². The van der Waals surface area contributed by atoms with E-state index < -0.39 is 0 Å². The summed E-state index contributed by atoms with van der Waals surface area (Å²) in [6, 6.07) is 4.15. The third-order valence-corrected chi connectivity index (χ3v) is 2.97. The molecule has 2 aromatic rings. The van der Waals surface area contributed by atoms with Gasteiger partial charge in [0.2, 0.25) is 0 Å². The van der Waals surface area contributed by atoms with Crippen molar-refractivity contribution in [2.24, 2.45) is 0 Å². The summed E-state index contributed by atoms with van der Waals surface area (Å²) in [4.78, 5) is 4.32. The molecule has 2 heterocycles. The zero-order chi connectivity index (χ0) is 9.80. The minimum atomic E-state index is 0.903. The van der Waals surface area contributed by atoms with Gasteiger partial charge < -0.3 is 10.6 Å². The summed E-state index contributed by atoms with van der Waals surface area (Å²) in [5, 5.41) is 9.76. The highest BCUT2D eigenvalue weighted by atomic mass is 32.1. The maximum atomic E-state index is 4.32. The molecule has 2 aromatic heterocycles. The second-order valence-corrected chi connectivity index (χ2v) is 3.94. The molecule has 0 aromatic carbocycles. The highest BCUT2D eigenvalue weighted by molar-refractivity contribution is 7.17. The Bertz CT molecular complexity index is 410. The van der Waals surface area contributed by atoms with Gasteiger partial charge in [-0.2, -0.15) is 0 Å². The average Bonchev–Trinajstić information content (AvgIpc) is 2.67. The fourth-order valence-electron chi connectivity index (χ4n) is 1.33. The third kappa shape index (κ3) is 1.86. The van der Waals surface area contributed by atoms with Gasteiger partial charge in [0.1, 0.15) is 5.82 Å². The van der Waals surface area contributed by atoms with Crippen LogP contribution in [0.3, 0.4) is 0 Å². The van der Waals surface area contributed by atoms with E-state index in [9.17, 15) is 0 Å². The monoisotopic (exact) mass is 207 g/mol. The van der Waals surface area contributed by atoms with E-state index >= 15 is 0 Å². The van der Waals surface area contributed by atoms with Crippen molar-refractivity contribution >= 4 is 27.2 Å². The van der Waals surface area contributed by atoms with E-state index in [1.165, 1.54) is 10.1 Å². The van der Waals surface area contributed by atoms with Crippen molar-refractivity contribution in [2.45, 2.75) is 0 Å². The molecule has 4 heteroatoms. The van der Waals surface area contributed by atoms with Crippen LogP contribution in [-0.2, 0) is 0 Å². The van der Waals surface area contributed by atoms with Gasteiger partial charge in [-0.25, -0.2) is 4.98 Å². The van der Waals surface area contributed by atoms with Crippen LogP contribution in [0.4, 0.5) is 5.82 Å². The fraction of sp³-hybridized carbons (Fsp3) is 0.300. The van der Waals surface area contributed by atoms with E-state index in [1.807, 2.05) is 19.3 Å². The van der Waals surface area contributed by atoms with Crippen LogP contribution in [0.1, 0.15) is 0 Å². The van der Waals surface area contributed by atoms with Gasteiger partial charge in [0.25, 0.3) is 0 Å². The predicted octanol–water partition coefficient (Wildman–Crippen LogP) is 1.93. The SMILES string of the molecule is CNCCNc1nccc2ccsc12. The molecular formula is C10H13N3S. The molecule has 0 saturated heterocycles. The predicted molar refractivity (Wildman–Crippen MR) is 62.0 cm³/mol. The summed E-state index contributed by atoms with van der Waals surface area (Å²) in [5.41, 5.74) is 0.